The molecule has 1 fully saturated rings. The van der Waals surface area contributed by atoms with Gasteiger partial charge < -0.3 is 4.57 Å². The van der Waals surface area contributed by atoms with Crippen LogP contribution in [-0.4, -0.2) is 36.3 Å². The number of thiazole rings is 1. The molecule has 0 saturated heterocycles. The lowest BCUT2D eigenvalue weighted by Gasteiger charge is -2.16. The lowest BCUT2D eigenvalue weighted by atomic mass is 10.2. The van der Waals surface area contributed by atoms with Gasteiger partial charge in [0, 0.05) is 30.2 Å². The number of amides is 1. The van der Waals surface area contributed by atoms with E-state index < -0.39 is 15.9 Å². The molecule has 0 atom stereocenters. The fourth-order valence-corrected chi connectivity index (χ4v) is 5.94. The van der Waals surface area contributed by atoms with Crippen molar-refractivity contribution in [2.24, 2.45) is 4.99 Å². The van der Waals surface area contributed by atoms with Gasteiger partial charge in [0.15, 0.2) is 4.80 Å². The number of aryl methyl sites for hydroxylation is 1. The van der Waals surface area contributed by atoms with Gasteiger partial charge >= 0.3 is 0 Å². The minimum absolute atomic E-state index is 0.0854. The molecule has 0 N–H and O–H groups in total. The number of hydrogen-bond acceptors (Lipinski definition) is 4. The second-order valence-corrected chi connectivity index (χ2v) is 10.4. The summed E-state index contributed by atoms with van der Waals surface area (Å²) in [5, 5.41) is 0.632. The number of carbonyl (C=O) groups is 1. The summed E-state index contributed by atoms with van der Waals surface area (Å²) in [5.74, 6) is -0.413. The molecule has 1 aromatic heterocycles. The van der Waals surface area contributed by atoms with Crippen LogP contribution in [0.5, 0.6) is 0 Å². The van der Waals surface area contributed by atoms with Gasteiger partial charge in [-0.05, 0) is 62.2 Å². The lowest BCUT2D eigenvalue weighted by molar-refractivity contribution is 0.0997. The minimum Gasteiger partial charge on any atom is -0.317 e. The summed E-state index contributed by atoms with van der Waals surface area (Å²) in [6, 6.07) is 11.6. The van der Waals surface area contributed by atoms with E-state index in [4.69, 9.17) is 11.6 Å². The fraction of sp³-hybridized carbons (Fsp3) is 0.300. The van der Waals surface area contributed by atoms with E-state index in [9.17, 15) is 13.2 Å². The molecular formula is C20H20ClN3O3S2. The Morgan fingerprint density at radius 3 is 2.55 bits per heavy atom. The Morgan fingerprint density at radius 2 is 1.93 bits per heavy atom. The zero-order valence-corrected chi connectivity index (χ0v) is 18.4. The fourth-order valence-electron chi connectivity index (χ4n) is 3.16. The van der Waals surface area contributed by atoms with Gasteiger partial charge in [-0.3, -0.25) is 4.79 Å². The molecule has 9 heteroatoms. The molecule has 4 rings (SSSR count). The van der Waals surface area contributed by atoms with E-state index in [1.807, 2.05) is 29.7 Å². The van der Waals surface area contributed by atoms with Crippen LogP contribution < -0.4 is 4.80 Å². The van der Waals surface area contributed by atoms with Crippen LogP contribution in [-0.2, 0) is 16.6 Å². The molecule has 6 nitrogen and oxygen atoms in total. The minimum atomic E-state index is -3.53. The molecule has 152 valence electrons. The third kappa shape index (κ3) is 3.90. The SMILES string of the molecule is CCn1c(=NC(=O)c2ccc(S(=O)(=O)N(C)C3CC3)cc2)sc2cc(Cl)ccc21. The zero-order valence-electron chi connectivity index (χ0n) is 16.0. The van der Waals surface area contributed by atoms with Gasteiger partial charge in [0.05, 0.1) is 15.1 Å². The van der Waals surface area contributed by atoms with Crippen LogP contribution in [0.4, 0.5) is 0 Å². The molecule has 1 saturated carbocycles. The first-order chi connectivity index (χ1) is 13.8. The van der Waals surface area contributed by atoms with Crippen molar-refractivity contribution in [1.29, 1.82) is 0 Å². The molecule has 29 heavy (non-hydrogen) atoms. The first-order valence-corrected chi connectivity index (χ1v) is 11.9. The van der Waals surface area contributed by atoms with Crippen LogP contribution in [0.2, 0.25) is 5.02 Å². The second kappa shape index (κ2) is 7.68. The normalized spacial score (nSPS) is 15.4. The Balaban J connectivity index is 1.66. The van der Waals surface area contributed by atoms with Crippen LogP contribution in [0.1, 0.15) is 30.1 Å². The molecule has 0 bridgehead atoms. The molecule has 3 aromatic rings. The molecule has 1 aliphatic carbocycles. The molecule has 0 spiro atoms. The maximum atomic E-state index is 12.7. The summed E-state index contributed by atoms with van der Waals surface area (Å²) < 4.78 is 29.5. The van der Waals surface area contributed by atoms with E-state index in [2.05, 4.69) is 4.99 Å². The summed E-state index contributed by atoms with van der Waals surface area (Å²) in [7, 11) is -1.94. The first kappa shape index (κ1) is 20.3. The van der Waals surface area contributed by atoms with E-state index in [-0.39, 0.29) is 10.9 Å². The third-order valence-corrected chi connectivity index (χ3v) is 8.20. The number of rotatable bonds is 5. The first-order valence-electron chi connectivity index (χ1n) is 9.27. The summed E-state index contributed by atoms with van der Waals surface area (Å²) in [5.41, 5.74) is 1.31. The van der Waals surface area contributed by atoms with Crippen molar-refractivity contribution in [3.63, 3.8) is 0 Å². The van der Waals surface area contributed by atoms with Crippen molar-refractivity contribution in [3.8, 4) is 0 Å². The predicted octanol–water partition coefficient (Wildman–Crippen LogP) is 3.90. The molecule has 1 heterocycles. The van der Waals surface area contributed by atoms with Crippen molar-refractivity contribution in [2.45, 2.75) is 37.2 Å². The lowest BCUT2D eigenvalue weighted by Crippen LogP contribution is -2.28. The highest BCUT2D eigenvalue weighted by Gasteiger charge is 2.35. The molecule has 0 unspecified atom stereocenters. The van der Waals surface area contributed by atoms with E-state index in [0.29, 0.717) is 21.9 Å². The smallest absolute Gasteiger partial charge is 0.279 e. The standard InChI is InChI=1S/C20H20ClN3O3S2/c1-3-24-17-11-6-14(21)12-18(17)28-20(24)22-19(25)13-4-9-16(10-5-13)29(26,27)23(2)15-7-8-15/h4-6,9-12,15H,3,7-8H2,1-2H3. The summed E-state index contributed by atoms with van der Waals surface area (Å²) in [6.45, 7) is 2.65. The number of aromatic nitrogens is 1. The van der Waals surface area contributed by atoms with E-state index in [0.717, 1.165) is 23.1 Å². The summed E-state index contributed by atoms with van der Waals surface area (Å²) in [4.78, 5) is 17.7. The molecule has 1 amide bonds. The van der Waals surface area contributed by atoms with Gasteiger partial charge in [0.2, 0.25) is 10.0 Å². The van der Waals surface area contributed by atoms with Crippen molar-refractivity contribution >= 4 is 49.1 Å². The topological polar surface area (TPSA) is 71.7 Å². The number of nitrogens with zero attached hydrogens (tertiary/aromatic N) is 3. The molecule has 0 aliphatic heterocycles. The Bertz CT molecular complexity index is 1260. The largest absolute Gasteiger partial charge is 0.317 e. The number of benzene rings is 2. The van der Waals surface area contributed by atoms with Crippen LogP contribution in [0.25, 0.3) is 10.2 Å². The van der Waals surface area contributed by atoms with Crippen molar-refractivity contribution in [2.75, 3.05) is 7.05 Å². The highest BCUT2D eigenvalue weighted by Crippen LogP contribution is 2.30. The van der Waals surface area contributed by atoms with Crippen LogP contribution in [0.15, 0.2) is 52.4 Å². The highest BCUT2D eigenvalue weighted by molar-refractivity contribution is 7.89. The van der Waals surface area contributed by atoms with Crippen LogP contribution in [0.3, 0.4) is 0 Å². The van der Waals surface area contributed by atoms with E-state index >= 15 is 0 Å². The maximum Gasteiger partial charge on any atom is 0.279 e. The van der Waals surface area contributed by atoms with Gasteiger partial charge in [-0.1, -0.05) is 22.9 Å². The number of carbonyl (C=O) groups excluding carboxylic acids is 1. The van der Waals surface area contributed by atoms with Crippen LogP contribution >= 0.6 is 22.9 Å². The third-order valence-electron chi connectivity index (χ3n) is 5.00. The van der Waals surface area contributed by atoms with Crippen LogP contribution in [0, 0.1) is 0 Å². The number of fused-ring (bicyclic) bond motifs is 1. The van der Waals surface area contributed by atoms with Crippen molar-refractivity contribution in [1.82, 2.24) is 8.87 Å². The van der Waals surface area contributed by atoms with Gasteiger partial charge in [-0.25, -0.2) is 8.42 Å². The number of hydrogen-bond donors (Lipinski definition) is 0. The predicted molar refractivity (Wildman–Crippen MR) is 115 cm³/mol. The molecule has 0 radical (unpaired) electrons. The van der Waals surface area contributed by atoms with Gasteiger partial charge in [-0.15, -0.1) is 0 Å². The number of sulfonamides is 1. The Morgan fingerprint density at radius 1 is 1.24 bits per heavy atom. The molecule has 1 aliphatic rings. The average Bonchev–Trinajstić information content (AvgIpc) is 3.49. The quantitative estimate of drug-likeness (QED) is 0.593. The van der Waals surface area contributed by atoms with E-state index in [1.165, 1.54) is 39.9 Å². The molecular weight excluding hydrogens is 430 g/mol. The Hall–Kier alpha value is -2.00. The van der Waals surface area contributed by atoms with Crippen molar-refractivity contribution < 1.29 is 13.2 Å². The van der Waals surface area contributed by atoms with E-state index in [1.54, 1.807) is 7.05 Å². The average molecular weight is 450 g/mol. The highest BCUT2D eigenvalue weighted by atomic mass is 35.5. The Kier molecular flexibility index (Phi) is 5.37. The molecule has 2 aromatic carbocycles. The second-order valence-electron chi connectivity index (χ2n) is 6.93. The van der Waals surface area contributed by atoms with Gasteiger partial charge in [-0.2, -0.15) is 9.30 Å². The number of halogens is 1. The van der Waals surface area contributed by atoms with Crippen molar-refractivity contribution in [3.05, 3.63) is 57.9 Å². The maximum absolute atomic E-state index is 12.7. The zero-order chi connectivity index (χ0) is 20.8. The van der Waals surface area contributed by atoms with Gasteiger partial charge in [0.1, 0.15) is 0 Å². The monoisotopic (exact) mass is 449 g/mol. The summed E-state index contributed by atoms with van der Waals surface area (Å²) >= 11 is 7.47. The van der Waals surface area contributed by atoms with Gasteiger partial charge in [0.25, 0.3) is 5.91 Å². The summed E-state index contributed by atoms with van der Waals surface area (Å²) in [6.07, 6.45) is 1.78. The Labute approximate surface area is 178 Å².